The highest BCUT2D eigenvalue weighted by Gasteiger charge is 2.17. The van der Waals surface area contributed by atoms with Gasteiger partial charge in [0.1, 0.15) is 5.75 Å². The maximum atomic E-state index is 6.28. The largest absolute Gasteiger partial charge is 0.496 e. The van der Waals surface area contributed by atoms with Gasteiger partial charge in [-0.3, -0.25) is 0 Å². The molecule has 0 aliphatic carbocycles. The van der Waals surface area contributed by atoms with Crippen LogP contribution < -0.4 is 10.1 Å². The molecule has 0 aliphatic heterocycles. The Morgan fingerprint density at radius 3 is 2.24 bits per heavy atom. The quantitative estimate of drug-likeness (QED) is 0.793. The van der Waals surface area contributed by atoms with Gasteiger partial charge in [-0.1, -0.05) is 53.5 Å². The highest BCUT2D eigenvalue weighted by Crippen LogP contribution is 2.32. The zero-order chi connectivity index (χ0) is 15.4. The van der Waals surface area contributed by atoms with Crippen molar-refractivity contribution in [2.75, 3.05) is 7.11 Å². The highest BCUT2D eigenvalue weighted by atomic mass is 35.5. The third-order valence-electron chi connectivity index (χ3n) is 3.55. The van der Waals surface area contributed by atoms with Crippen LogP contribution in [0.1, 0.15) is 37.1 Å². The molecule has 2 rings (SSSR count). The first-order valence-electron chi connectivity index (χ1n) is 6.87. The Morgan fingerprint density at radius 1 is 0.905 bits per heavy atom. The van der Waals surface area contributed by atoms with Crippen molar-refractivity contribution < 1.29 is 4.74 Å². The van der Waals surface area contributed by atoms with Crippen molar-refractivity contribution in [1.82, 2.24) is 5.32 Å². The van der Waals surface area contributed by atoms with E-state index in [1.165, 1.54) is 0 Å². The zero-order valence-electron chi connectivity index (χ0n) is 12.4. The van der Waals surface area contributed by atoms with Crippen LogP contribution in [0.15, 0.2) is 42.5 Å². The van der Waals surface area contributed by atoms with Gasteiger partial charge in [-0.25, -0.2) is 0 Å². The second kappa shape index (κ2) is 7.17. The number of rotatable bonds is 5. The zero-order valence-corrected chi connectivity index (χ0v) is 13.9. The molecule has 1 N–H and O–H groups in total. The van der Waals surface area contributed by atoms with Crippen LogP contribution in [-0.2, 0) is 0 Å². The molecule has 0 spiro atoms. The number of halogens is 2. The molecule has 0 saturated carbocycles. The van der Waals surface area contributed by atoms with Gasteiger partial charge in [0.15, 0.2) is 0 Å². The molecule has 2 nitrogen and oxygen atoms in total. The van der Waals surface area contributed by atoms with E-state index in [2.05, 4.69) is 25.2 Å². The molecular weight excluding hydrogens is 305 g/mol. The average Bonchev–Trinajstić information content (AvgIpc) is 2.49. The average molecular weight is 324 g/mol. The maximum absolute atomic E-state index is 6.28. The Hall–Kier alpha value is -1.22. The Bertz CT molecular complexity index is 615. The summed E-state index contributed by atoms with van der Waals surface area (Å²) >= 11 is 12.4. The molecule has 0 heterocycles. The predicted octanol–water partition coefficient (Wildman–Crippen LogP) is 5.41. The number of para-hydroxylation sites is 1. The molecule has 0 radical (unpaired) electrons. The highest BCUT2D eigenvalue weighted by molar-refractivity contribution is 6.42. The van der Waals surface area contributed by atoms with Gasteiger partial charge in [-0.2, -0.15) is 0 Å². The van der Waals surface area contributed by atoms with Crippen molar-refractivity contribution in [2.24, 2.45) is 0 Å². The van der Waals surface area contributed by atoms with E-state index in [0.29, 0.717) is 10.0 Å². The third-order valence-corrected chi connectivity index (χ3v) is 4.39. The summed E-state index contributed by atoms with van der Waals surface area (Å²) in [5, 5.41) is 4.71. The van der Waals surface area contributed by atoms with Crippen LogP contribution in [-0.4, -0.2) is 7.11 Å². The first-order chi connectivity index (χ1) is 10.0. The fourth-order valence-electron chi connectivity index (χ4n) is 2.43. The van der Waals surface area contributed by atoms with Gasteiger partial charge in [0.2, 0.25) is 0 Å². The van der Waals surface area contributed by atoms with Crippen molar-refractivity contribution in [3.8, 4) is 5.75 Å². The number of hydrogen-bond acceptors (Lipinski definition) is 2. The molecule has 112 valence electrons. The molecule has 0 amide bonds. The molecule has 0 aromatic heterocycles. The topological polar surface area (TPSA) is 21.3 Å². The number of benzene rings is 2. The van der Waals surface area contributed by atoms with E-state index in [9.17, 15) is 0 Å². The molecule has 0 saturated heterocycles. The van der Waals surface area contributed by atoms with E-state index in [1.807, 2.05) is 30.3 Å². The first kappa shape index (κ1) is 16.2. The van der Waals surface area contributed by atoms with Crippen molar-refractivity contribution in [3.05, 3.63) is 63.6 Å². The normalized spacial score (nSPS) is 13.8. The van der Waals surface area contributed by atoms with Gasteiger partial charge in [0.25, 0.3) is 0 Å². The molecule has 21 heavy (non-hydrogen) atoms. The Kier molecular flexibility index (Phi) is 5.51. The summed E-state index contributed by atoms with van der Waals surface area (Å²) in [6.45, 7) is 4.18. The van der Waals surface area contributed by atoms with E-state index in [4.69, 9.17) is 27.9 Å². The third kappa shape index (κ3) is 3.70. The Balaban J connectivity index is 2.19. The summed E-state index contributed by atoms with van der Waals surface area (Å²) in [4.78, 5) is 0. The number of hydrogen-bond donors (Lipinski definition) is 1. The van der Waals surface area contributed by atoms with Gasteiger partial charge in [0.05, 0.1) is 17.2 Å². The summed E-state index contributed by atoms with van der Waals surface area (Å²) in [6.07, 6.45) is 0. The van der Waals surface area contributed by atoms with Crippen LogP contribution in [0.4, 0.5) is 0 Å². The first-order valence-corrected chi connectivity index (χ1v) is 7.63. The minimum atomic E-state index is 0.0797. The number of nitrogens with one attached hydrogen (secondary N) is 1. The van der Waals surface area contributed by atoms with Crippen molar-refractivity contribution in [2.45, 2.75) is 25.9 Å². The van der Waals surface area contributed by atoms with Gasteiger partial charge in [0, 0.05) is 17.6 Å². The minimum Gasteiger partial charge on any atom is -0.496 e. The number of ether oxygens (including phenoxy) is 1. The minimum absolute atomic E-state index is 0.0797. The molecule has 4 heteroatoms. The van der Waals surface area contributed by atoms with Crippen LogP contribution in [0.2, 0.25) is 10.0 Å². The SMILES string of the molecule is COc1ccccc1[C@H](C)NC(C)c1cccc(Cl)c1Cl. The van der Waals surface area contributed by atoms with E-state index in [1.54, 1.807) is 13.2 Å². The van der Waals surface area contributed by atoms with Crippen molar-refractivity contribution >= 4 is 23.2 Å². The second-order valence-electron chi connectivity index (χ2n) is 5.00. The van der Waals surface area contributed by atoms with E-state index in [0.717, 1.165) is 16.9 Å². The van der Waals surface area contributed by atoms with Gasteiger partial charge in [-0.15, -0.1) is 0 Å². The molecule has 0 aliphatic rings. The van der Waals surface area contributed by atoms with E-state index < -0.39 is 0 Å². The molecule has 2 aromatic carbocycles. The smallest absolute Gasteiger partial charge is 0.123 e. The maximum Gasteiger partial charge on any atom is 0.123 e. The summed E-state index contributed by atoms with van der Waals surface area (Å²) in [5.41, 5.74) is 2.11. The fraction of sp³-hybridized carbons (Fsp3) is 0.294. The summed E-state index contributed by atoms with van der Waals surface area (Å²) < 4.78 is 5.41. The van der Waals surface area contributed by atoms with Crippen LogP contribution >= 0.6 is 23.2 Å². The lowest BCUT2D eigenvalue weighted by Crippen LogP contribution is -2.23. The van der Waals surface area contributed by atoms with Gasteiger partial charge >= 0.3 is 0 Å². The molecule has 0 fully saturated rings. The lowest BCUT2D eigenvalue weighted by molar-refractivity contribution is 0.396. The number of methoxy groups -OCH3 is 1. The summed E-state index contributed by atoms with van der Waals surface area (Å²) in [5.74, 6) is 0.877. The Morgan fingerprint density at radius 2 is 1.52 bits per heavy atom. The van der Waals surface area contributed by atoms with Crippen LogP contribution in [0.25, 0.3) is 0 Å². The molecule has 2 atom stereocenters. The van der Waals surface area contributed by atoms with Crippen LogP contribution in [0.3, 0.4) is 0 Å². The van der Waals surface area contributed by atoms with E-state index in [-0.39, 0.29) is 12.1 Å². The monoisotopic (exact) mass is 323 g/mol. The summed E-state index contributed by atoms with van der Waals surface area (Å²) in [6, 6.07) is 13.9. The second-order valence-corrected chi connectivity index (χ2v) is 5.78. The lowest BCUT2D eigenvalue weighted by atomic mass is 10.0. The van der Waals surface area contributed by atoms with Gasteiger partial charge < -0.3 is 10.1 Å². The Labute approximate surface area is 136 Å². The predicted molar refractivity (Wildman–Crippen MR) is 89.4 cm³/mol. The molecule has 1 unspecified atom stereocenters. The molecule has 0 bridgehead atoms. The molecular formula is C17H19Cl2NO. The lowest BCUT2D eigenvalue weighted by Gasteiger charge is -2.23. The van der Waals surface area contributed by atoms with Crippen molar-refractivity contribution in [3.63, 3.8) is 0 Å². The van der Waals surface area contributed by atoms with Crippen molar-refractivity contribution in [1.29, 1.82) is 0 Å². The standard InChI is InChI=1S/C17H19Cl2NO/c1-11(13-7-4-5-10-16(13)21-3)20-12(2)14-8-6-9-15(18)17(14)19/h4-12,20H,1-3H3/t11-,12?/m0/s1. The van der Waals surface area contributed by atoms with Crippen LogP contribution in [0, 0.1) is 0 Å². The van der Waals surface area contributed by atoms with E-state index >= 15 is 0 Å². The summed E-state index contributed by atoms with van der Waals surface area (Å²) in [7, 11) is 1.68. The van der Waals surface area contributed by atoms with Crippen LogP contribution in [0.5, 0.6) is 5.75 Å². The molecule has 2 aromatic rings. The van der Waals surface area contributed by atoms with Gasteiger partial charge in [-0.05, 0) is 31.5 Å². The fourth-order valence-corrected chi connectivity index (χ4v) is 2.91.